The Bertz CT molecular complexity index is 959. The number of carbonyl (C=O) groups excluding carboxylic acids is 2. The van der Waals surface area contributed by atoms with Crippen molar-refractivity contribution in [2.75, 3.05) is 25.1 Å². The number of nitrogens with zero attached hydrogens (tertiary/aromatic N) is 2. The zero-order chi connectivity index (χ0) is 19.7. The van der Waals surface area contributed by atoms with Gasteiger partial charge in [0.15, 0.2) is 0 Å². The van der Waals surface area contributed by atoms with Gasteiger partial charge in [-0.15, -0.1) is 0 Å². The Morgan fingerprint density at radius 3 is 2.33 bits per heavy atom. The van der Waals surface area contributed by atoms with E-state index in [-0.39, 0.29) is 40.2 Å². The predicted molar refractivity (Wildman–Crippen MR) is 107 cm³/mol. The molecule has 0 atom stereocenters. The summed E-state index contributed by atoms with van der Waals surface area (Å²) in [7, 11) is 1.62. The van der Waals surface area contributed by atoms with E-state index >= 15 is 0 Å². The molecule has 0 aliphatic carbocycles. The summed E-state index contributed by atoms with van der Waals surface area (Å²) in [5.41, 5.74) is 0.939. The molecule has 0 aromatic heterocycles. The summed E-state index contributed by atoms with van der Waals surface area (Å²) >= 11 is 18.5. The van der Waals surface area contributed by atoms with E-state index in [9.17, 15) is 14.7 Å². The molecule has 2 amide bonds. The van der Waals surface area contributed by atoms with Gasteiger partial charge in [-0.3, -0.25) is 9.59 Å². The minimum Gasteiger partial charge on any atom is -0.395 e. The second kappa shape index (κ2) is 7.90. The van der Waals surface area contributed by atoms with Crippen LogP contribution in [-0.4, -0.2) is 42.0 Å². The monoisotopic (exact) mass is 424 g/mol. The van der Waals surface area contributed by atoms with Crippen LogP contribution in [-0.2, 0) is 9.59 Å². The van der Waals surface area contributed by atoms with Gasteiger partial charge in [-0.1, -0.05) is 53.0 Å². The van der Waals surface area contributed by atoms with Crippen molar-refractivity contribution in [3.8, 4) is 0 Å². The molecule has 5 nitrogen and oxygen atoms in total. The van der Waals surface area contributed by atoms with Gasteiger partial charge in [-0.2, -0.15) is 0 Å². The Kier molecular flexibility index (Phi) is 5.77. The fourth-order valence-electron chi connectivity index (χ4n) is 2.92. The summed E-state index contributed by atoms with van der Waals surface area (Å²) in [5.74, 6) is -1.08. The molecule has 2 aromatic rings. The molecular formula is C19H15Cl3N2O3. The molecule has 1 aliphatic rings. The van der Waals surface area contributed by atoms with Gasteiger partial charge in [0.25, 0.3) is 11.8 Å². The molecule has 0 bridgehead atoms. The number of rotatable bonds is 5. The number of imide groups is 1. The maximum absolute atomic E-state index is 13.2. The summed E-state index contributed by atoms with van der Waals surface area (Å²) in [5, 5.41) is 10.2. The predicted octanol–water partition coefficient (Wildman–Crippen LogP) is 3.86. The van der Waals surface area contributed by atoms with E-state index in [0.717, 1.165) is 4.90 Å². The zero-order valence-corrected chi connectivity index (χ0v) is 16.5. The number of benzene rings is 2. The molecule has 140 valence electrons. The number of hydrogen-bond acceptors (Lipinski definition) is 4. The van der Waals surface area contributed by atoms with Crippen molar-refractivity contribution >= 4 is 57.9 Å². The number of anilines is 1. The quantitative estimate of drug-likeness (QED) is 0.739. The first kappa shape index (κ1) is 19.7. The SMILES string of the molecule is CN(CCO)C1=C(c2ccc(Cl)cc2Cl)C(=O)N(c2ccccc2Cl)C1=O. The average molecular weight is 426 g/mol. The smallest absolute Gasteiger partial charge is 0.282 e. The van der Waals surface area contributed by atoms with E-state index in [4.69, 9.17) is 34.8 Å². The third-order valence-electron chi connectivity index (χ3n) is 4.17. The number of aliphatic hydroxyl groups is 1. The van der Waals surface area contributed by atoms with Crippen molar-refractivity contribution in [1.29, 1.82) is 0 Å². The molecule has 0 saturated heterocycles. The van der Waals surface area contributed by atoms with E-state index in [2.05, 4.69) is 0 Å². The Balaban J connectivity index is 2.20. The highest BCUT2D eigenvalue weighted by Gasteiger charge is 2.42. The summed E-state index contributed by atoms with van der Waals surface area (Å²) in [6.45, 7) is -0.0192. The molecule has 1 aliphatic heterocycles. The summed E-state index contributed by atoms with van der Waals surface area (Å²) in [4.78, 5) is 28.9. The molecule has 0 unspecified atom stereocenters. The van der Waals surface area contributed by atoms with E-state index in [0.29, 0.717) is 10.6 Å². The zero-order valence-electron chi connectivity index (χ0n) is 14.2. The van der Waals surface area contributed by atoms with Crippen LogP contribution in [0.25, 0.3) is 5.57 Å². The fourth-order valence-corrected chi connectivity index (χ4v) is 3.64. The Morgan fingerprint density at radius 2 is 1.70 bits per heavy atom. The lowest BCUT2D eigenvalue weighted by atomic mass is 10.0. The third-order valence-corrected chi connectivity index (χ3v) is 5.04. The first-order valence-electron chi connectivity index (χ1n) is 8.01. The van der Waals surface area contributed by atoms with Crippen LogP contribution in [0.2, 0.25) is 15.1 Å². The van der Waals surface area contributed by atoms with Crippen LogP contribution in [0.15, 0.2) is 48.2 Å². The maximum Gasteiger partial charge on any atom is 0.282 e. The number of aliphatic hydroxyl groups excluding tert-OH is 1. The number of para-hydroxylation sites is 1. The first-order valence-corrected chi connectivity index (χ1v) is 9.15. The van der Waals surface area contributed by atoms with Gasteiger partial charge in [-0.05, 0) is 24.3 Å². The first-order chi connectivity index (χ1) is 12.9. The van der Waals surface area contributed by atoms with Crippen LogP contribution in [0.5, 0.6) is 0 Å². The van der Waals surface area contributed by atoms with Crippen LogP contribution in [0.3, 0.4) is 0 Å². The van der Waals surface area contributed by atoms with E-state index in [1.54, 1.807) is 43.4 Å². The molecule has 2 aromatic carbocycles. The minimum absolute atomic E-state index is 0.137. The minimum atomic E-state index is -0.544. The lowest BCUT2D eigenvalue weighted by molar-refractivity contribution is -0.120. The Hall–Kier alpha value is -2.05. The summed E-state index contributed by atoms with van der Waals surface area (Å²) < 4.78 is 0. The maximum atomic E-state index is 13.2. The second-order valence-electron chi connectivity index (χ2n) is 5.89. The second-order valence-corrected chi connectivity index (χ2v) is 7.14. The van der Waals surface area contributed by atoms with Crippen molar-refractivity contribution in [2.24, 2.45) is 0 Å². The molecule has 1 heterocycles. The highest BCUT2D eigenvalue weighted by molar-refractivity contribution is 6.49. The van der Waals surface area contributed by atoms with E-state index < -0.39 is 11.8 Å². The van der Waals surface area contributed by atoms with Gasteiger partial charge >= 0.3 is 0 Å². The topological polar surface area (TPSA) is 60.9 Å². The van der Waals surface area contributed by atoms with Crippen molar-refractivity contribution in [2.45, 2.75) is 0 Å². The molecule has 0 fully saturated rings. The molecule has 8 heteroatoms. The van der Waals surface area contributed by atoms with Crippen LogP contribution in [0.1, 0.15) is 5.56 Å². The molecule has 0 saturated carbocycles. The fraction of sp³-hybridized carbons (Fsp3) is 0.158. The van der Waals surface area contributed by atoms with Crippen LogP contribution in [0.4, 0.5) is 5.69 Å². The number of halogens is 3. The van der Waals surface area contributed by atoms with Crippen LogP contribution >= 0.6 is 34.8 Å². The molecule has 1 N–H and O–H groups in total. The largest absolute Gasteiger partial charge is 0.395 e. The van der Waals surface area contributed by atoms with Crippen LogP contribution < -0.4 is 4.90 Å². The van der Waals surface area contributed by atoms with Gasteiger partial charge in [0.1, 0.15) is 5.70 Å². The molecule has 27 heavy (non-hydrogen) atoms. The van der Waals surface area contributed by atoms with Crippen LogP contribution in [0, 0.1) is 0 Å². The van der Waals surface area contributed by atoms with Crippen molar-refractivity contribution in [1.82, 2.24) is 4.90 Å². The number of hydrogen-bond donors (Lipinski definition) is 1. The number of likely N-dealkylation sites (N-methyl/N-ethyl adjacent to an activating group) is 1. The van der Waals surface area contributed by atoms with Gasteiger partial charge in [0.2, 0.25) is 0 Å². The average Bonchev–Trinajstić information content (AvgIpc) is 2.86. The summed E-state index contributed by atoms with van der Waals surface area (Å²) in [6, 6.07) is 11.3. The highest BCUT2D eigenvalue weighted by Crippen LogP contribution is 2.39. The normalized spacial score (nSPS) is 14.3. The Morgan fingerprint density at radius 1 is 1.00 bits per heavy atom. The molecule has 3 rings (SSSR count). The highest BCUT2D eigenvalue weighted by atomic mass is 35.5. The molecule has 0 radical (unpaired) electrons. The van der Waals surface area contributed by atoms with Gasteiger partial charge in [0, 0.05) is 24.2 Å². The van der Waals surface area contributed by atoms with Crippen molar-refractivity contribution in [3.05, 3.63) is 68.8 Å². The summed E-state index contributed by atoms with van der Waals surface area (Å²) in [6.07, 6.45) is 0. The number of amides is 2. The molecular weight excluding hydrogens is 411 g/mol. The Labute approximate surface area is 171 Å². The number of carbonyl (C=O) groups is 2. The van der Waals surface area contributed by atoms with E-state index in [1.807, 2.05) is 0 Å². The lowest BCUT2D eigenvalue weighted by Crippen LogP contribution is -2.35. The molecule has 0 spiro atoms. The van der Waals surface area contributed by atoms with Gasteiger partial charge in [-0.25, -0.2) is 4.90 Å². The lowest BCUT2D eigenvalue weighted by Gasteiger charge is -2.20. The van der Waals surface area contributed by atoms with Gasteiger partial charge in [0.05, 0.1) is 27.9 Å². The standard InChI is InChI=1S/C19H15Cl3N2O3/c1-23(8-9-25)17-16(12-7-6-11(20)10-14(12)22)18(26)24(19(17)27)15-5-3-2-4-13(15)21/h2-7,10,25H,8-9H2,1H3. The van der Waals surface area contributed by atoms with Crippen molar-refractivity contribution in [3.63, 3.8) is 0 Å². The van der Waals surface area contributed by atoms with E-state index in [1.165, 1.54) is 11.0 Å². The van der Waals surface area contributed by atoms with Crippen molar-refractivity contribution < 1.29 is 14.7 Å². The third kappa shape index (κ3) is 3.56. The van der Waals surface area contributed by atoms with Gasteiger partial charge < -0.3 is 10.0 Å².